The summed E-state index contributed by atoms with van der Waals surface area (Å²) in [6.07, 6.45) is -11.8. The summed E-state index contributed by atoms with van der Waals surface area (Å²) in [4.78, 5) is 12.9. The zero-order chi connectivity index (χ0) is 14.7. The molecule has 0 amide bonds. The molecule has 1 unspecified atom stereocenters. The van der Waals surface area contributed by atoms with Gasteiger partial charge in [-0.15, -0.1) is 4.89 Å². The van der Waals surface area contributed by atoms with Crippen LogP contribution in [0.3, 0.4) is 0 Å². The van der Waals surface area contributed by atoms with Crippen LogP contribution >= 0.6 is 0 Å². The van der Waals surface area contributed by atoms with Gasteiger partial charge in [-0.1, -0.05) is 0 Å². The van der Waals surface area contributed by atoms with Gasteiger partial charge in [0.25, 0.3) is 0 Å². The van der Waals surface area contributed by atoms with Crippen LogP contribution in [0.15, 0.2) is 12.1 Å². The molecule has 1 atom stereocenters. The number of hydrogen-bond donors (Lipinski definition) is 1. The van der Waals surface area contributed by atoms with E-state index in [-0.39, 0.29) is 11.0 Å². The number of alkyl halides is 6. The summed E-state index contributed by atoms with van der Waals surface area (Å²) in [5.74, 6) is -1.77. The molecule has 0 saturated heterocycles. The van der Waals surface area contributed by atoms with Gasteiger partial charge >= 0.3 is 12.3 Å². The summed E-state index contributed by atoms with van der Waals surface area (Å²) < 4.78 is 76.8. The first kappa shape index (κ1) is 13.0. The third-order valence-corrected chi connectivity index (χ3v) is 2.69. The molecule has 1 aromatic carbocycles. The van der Waals surface area contributed by atoms with Gasteiger partial charge in [-0.25, -0.2) is 9.37 Å². The molecule has 0 saturated carbocycles. The summed E-state index contributed by atoms with van der Waals surface area (Å²) >= 11 is 0. The van der Waals surface area contributed by atoms with Crippen molar-refractivity contribution in [3.8, 4) is 5.75 Å². The van der Waals surface area contributed by atoms with Crippen LogP contribution < -0.4 is 4.89 Å². The smallest absolute Gasteiger partial charge is 0.334 e. The summed E-state index contributed by atoms with van der Waals surface area (Å²) in [7, 11) is 0. The van der Waals surface area contributed by atoms with Gasteiger partial charge in [-0.3, -0.25) is 0 Å². The topological polar surface area (TPSA) is 47.1 Å². The first-order valence-corrected chi connectivity index (χ1v) is 5.17. The summed E-state index contributed by atoms with van der Waals surface area (Å²) in [6, 6.07) is 1.67. The molecular formula is C10H4F6N2O2. The number of hydrogen-bond acceptors (Lipinski definition) is 3. The quantitative estimate of drug-likeness (QED) is 0.598. The Balaban J connectivity index is 2.16. The number of nitrogens with zero attached hydrogens (tertiary/aromatic N) is 1. The van der Waals surface area contributed by atoms with Crippen LogP contribution in [-0.2, 0) is 11.1 Å². The van der Waals surface area contributed by atoms with Crippen molar-refractivity contribution in [3.05, 3.63) is 23.5 Å². The molecule has 1 aliphatic heterocycles. The minimum atomic E-state index is -4.74. The molecule has 3 rings (SSSR count). The van der Waals surface area contributed by atoms with Crippen molar-refractivity contribution >= 4 is 11.0 Å². The predicted octanol–water partition coefficient (Wildman–Crippen LogP) is 3.51. The largest absolute Gasteiger partial charge is 0.449 e. The van der Waals surface area contributed by atoms with E-state index in [1.54, 1.807) is 0 Å². The fraction of sp³-hybridized carbons (Fsp3) is 0.300. The number of H-pyrrole nitrogens is 1. The van der Waals surface area contributed by atoms with Gasteiger partial charge in [0.05, 0.1) is 11.0 Å². The number of aromatic nitrogens is 2. The molecule has 20 heavy (non-hydrogen) atoms. The molecular weight excluding hydrogens is 294 g/mol. The Hall–Kier alpha value is -1.97. The van der Waals surface area contributed by atoms with E-state index in [0.717, 1.165) is 12.1 Å². The van der Waals surface area contributed by atoms with E-state index in [0.29, 0.717) is 0 Å². The van der Waals surface area contributed by atoms with Crippen LogP contribution in [0, 0.1) is 0 Å². The lowest BCUT2D eigenvalue weighted by Gasteiger charge is -2.26. The van der Waals surface area contributed by atoms with Crippen molar-refractivity contribution in [3.63, 3.8) is 0 Å². The molecule has 10 heteroatoms. The first-order chi connectivity index (χ1) is 9.18. The second-order valence-corrected chi connectivity index (χ2v) is 4.08. The lowest BCUT2D eigenvalue weighted by Crippen LogP contribution is -2.33. The number of nitrogens with one attached hydrogen (secondary N) is 1. The Morgan fingerprint density at radius 2 is 1.95 bits per heavy atom. The maximum absolute atomic E-state index is 13.5. The number of rotatable bonds is 0. The highest BCUT2D eigenvalue weighted by Crippen LogP contribution is 2.45. The van der Waals surface area contributed by atoms with Gasteiger partial charge in [-0.2, -0.15) is 22.0 Å². The highest BCUT2D eigenvalue weighted by molar-refractivity contribution is 5.78. The highest BCUT2D eigenvalue weighted by atomic mass is 19.4. The highest BCUT2D eigenvalue weighted by Gasteiger charge is 2.50. The van der Waals surface area contributed by atoms with Crippen molar-refractivity contribution in [1.29, 1.82) is 0 Å². The summed E-state index contributed by atoms with van der Waals surface area (Å²) in [6.45, 7) is 0. The van der Waals surface area contributed by atoms with Crippen LogP contribution in [-0.4, -0.2) is 16.1 Å². The fourth-order valence-corrected chi connectivity index (χ4v) is 1.78. The van der Waals surface area contributed by atoms with Crippen molar-refractivity contribution in [1.82, 2.24) is 9.97 Å². The monoisotopic (exact) mass is 298 g/mol. The maximum atomic E-state index is 13.5. The lowest BCUT2D eigenvalue weighted by molar-refractivity contribution is -0.421. The van der Waals surface area contributed by atoms with Crippen LogP contribution in [0.4, 0.5) is 26.3 Å². The Bertz CT molecular complexity index is 680. The molecule has 4 nitrogen and oxygen atoms in total. The molecule has 108 valence electrons. The molecule has 0 spiro atoms. The maximum Gasteiger partial charge on any atom is 0.449 e. The summed E-state index contributed by atoms with van der Waals surface area (Å²) in [5, 5.41) is 0. The van der Waals surface area contributed by atoms with E-state index in [4.69, 9.17) is 0 Å². The fourth-order valence-electron chi connectivity index (χ4n) is 1.78. The third-order valence-electron chi connectivity index (χ3n) is 2.69. The van der Waals surface area contributed by atoms with Crippen LogP contribution in [0.25, 0.3) is 11.0 Å². The van der Waals surface area contributed by atoms with Crippen molar-refractivity contribution in [2.24, 2.45) is 0 Å². The van der Waals surface area contributed by atoms with Crippen molar-refractivity contribution in [2.45, 2.75) is 18.5 Å². The van der Waals surface area contributed by atoms with Gasteiger partial charge in [-0.05, 0) is 6.07 Å². The molecule has 2 heterocycles. The van der Waals surface area contributed by atoms with Crippen LogP contribution in [0.2, 0.25) is 0 Å². The second-order valence-electron chi connectivity index (χ2n) is 4.08. The Labute approximate surface area is 106 Å². The van der Waals surface area contributed by atoms with Crippen molar-refractivity contribution < 1.29 is 36.1 Å². The number of aromatic amines is 1. The summed E-state index contributed by atoms with van der Waals surface area (Å²) in [5.41, 5.74) is -1.07. The average Bonchev–Trinajstić information content (AvgIpc) is 2.75. The molecule has 1 N–H and O–H groups in total. The number of halogens is 6. The molecule has 2 aromatic rings. The normalized spacial score (nSPS) is 21.6. The zero-order valence-corrected chi connectivity index (χ0v) is 9.26. The standard InChI is InChI=1S/C10H4F6N2O2/c11-7-3-1-4-5(18-8(17-4)9(12,13)14)2-6(3)19-20-10(7,15)16/h1-2,7H,(H,17,18). The molecule has 0 fully saturated rings. The zero-order valence-electron chi connectivity index (χ0n) is 9.26. The van der Waals surface area contributed by atoms with Crippen molar-refractivity contribution in [2.75, 3.05) is 0 Å². The third kappa shape index (κ3) is 1.87. The second kappa shape index (κ2) is 3.78. The van der Waals surface area contributed by atoms with E-state index in [9.17, 15) is 26.3 Å². The minimum absolute atomic E-state index is 0.211. The minimum Gasteiger partial charge on any atom is -0.334 e. The van der Waals surface area contributed by atoms with Gasteiger partial charge in [0.2, 0.25) is 12.0 Å². The molecule has 1 aromatic heterocycles. The SMILES string of the molecule is FC1c2cc3[nH]c(C(F)(F)F)nc3cc2OOC1(F)F. The number of benzene rings is 1. The molecule has 1 aliphatic rings. The van der Waals surface area contributed by atoms with Gasteiger partial charge in [0.1, 0.15) is 0 Å². The van der Waals surface area contributed by atoms with E-state index in [1.165, 1.54) is 0 Å². The molecule has 0 aliphatic carbocycles. The van der Waals surface area contributed by atoms with Gasteiger partial charge in [0, 0.05) is 11.6 Å². The lowest BCUT2D eigenvalue weighted by atomic mass is 10.1. The Morgan fingerprint density at radius 3 is 2.60 bits per heavy atom. The average molecular weight is 298 g/mol. The van der Waals surface area contributed by atoms with E-state index in [1.807, 2.05) is 4.98 Å². The van der Waals surface area contributed by atoms with E-state index < -0.39 is 35.6 Å². The molecule has 0 bridgehead atoms. The molecule has 0 radical (unpaired) electrons. The van der Waals surface area contributed by atoms with Crippen LogP contribution in [0.5, 0.6) is 5.75 Å². The Kier molecular flexibility index (Phi) is 2.46. The van der Waals surface area contributed by atoms with Gasteiger partial charge < -0.3 is 9.87 Å². The first-order valence-electron chi connectivity index (χ1n) is 5.17. The van der Waals surface area contributed by atoms with E-state index in [2.05, 4.69) is 14.8 Å². The number of fused-ring (bicyclic) bond motifs is 2. The predicted molar refractivity (Wildman–Crippen MR) is 51.6 cm³/mol. The Morgan fingerprint density at radius 1 is 1.25 bits per heavy atom. The van der Waals surface area contributed by atoms with Gasteiger partial charge in [0.15, 0.2) is 5.75 Å². The van der Waals surface area contributed by atoms with Crippen LogP contribution in [0.1, 0.15) is 17.6 Å². The van der Waals surface area contributed by atoms with E-state index >= 15 is 0 Å². The number of imidazole rings is 1.